The van der Waals surface area contributed by atoms with E-state index in [0.29, 0.717) is 30.8 Å². The summed E-state index contributed by atoms with van der Waals surface area (Å²) in [5.41, 5.74) is 3.79. The molecular weight excluding hydrogens is 606 g/mol. The molecule has 244 valence electrons. The Morgan fingerprint density at radius 1 is 1.00 bits per heavy atom. The maximum Gasteiger partial charge on any atom is 0.407 e. The Kier molecular flexibility index (Phi) is 9.93. The molecule has 3 N–H and O–H groups in total. The van der Waals surface area contributed by atoms with Gasteiger partial charge in [-0.05, 0) is 64.6 Å². The number of halogens is 1. The van der Waals surface area contributed by atoms with Crippen molar-refractivity contribution in [3.63, 3.8) is 0 Å². The van der Waals surface area contributed by atoms with Crippen molar-refractivity contribution in [3.05, 3.63) is 94.5 Å². The quantitative estimate of drug-likeness (QED) is 0.245. The minimum absolute atomic E-state index is 0.0986. The highest BCUT2D eigenvalue weighted by Crippen LogP contribution is 2.45. The predicted molar refractivity (Wildman–Crippen MR) is 177 cm³/mol. The van der Waals surface area contributed by atoms with E-state index in [0.717, 1.165) is 27.8 Å². The van der Waals surface area contributed by atoms with Crippen molar-refractivity contribution < 1.29 is 29.0 Å². The lowest BCUT2D eigenvalue weighted by atomic mass is 9.66. The van der Waals surface area contributed by atoms with Gasteiger partial charge in [-0.1, -0.05) is 93.0 Å². The van der Waals surface area contributed by atoms with Crippen LogP contribution in [0, 0.1) is 5.41 Å². The van der Waals surface area contributed by atoms with E-state index in [2.05, 4.69) is 22.8 Å². The van der Waals surface area contributed by atoms with Gasteiger partial charge in [0.2, 0.25) is 5.91 Å². The normalized spacial score (nSPS) is 19.9. The Labute approximate surface area is 275 Å². The Morgan fingerprint density at radius 2 is 1.61 bits per heavy atom. The first-order chi connectivity index (χ1) is 21.9. The molecule has 46 heavy (non-hydrogen) atoms. The number of amides is 3. The highest BCUT2D eigenvalue weighted by atomic mass is 35.5. The summed E-state index contributed by atoms with van der Waals surface area (Å²) in [6.07, 6.45) is -0.320. The number of methoxy groups -OCH3 is 1. The molecule has 3 atom stereocenters. The van der Waals surface area contributed by atoms with Crippen molar-refractivity contribution in [2.45, 2.75) is 63.6 Å². The zero-order chi connectivity index (χ0) is 33.1. The van der Waals surface area contributed by atoms with Crippen LogP contribution in [0.3, 0.4) is 0 Å². The molecule has 3 amide bonds. The molecule has 1 saturated heterocycles. The van der Waals surface area contributed by atoms with E-state index >= 15 is 0 Å². The fourth-order valence-electron chi connectivity index (χ4n) is 7.42. The van der Waals surface area contributed by atoms with Crippen LogP contribution in [0.5, 0.6) is 0 Å². The van der Waals surface area contributed by atoms with Crippen LogP contribution >= 0.6 is 11.6 Å². The van der Waals surface area contributed by atoms with E-state index < -0.39 is 41.1 Å². The lowest BCUT2D eigenvalue weighted by Crippen LogP contribution is -2.72. The minimum atomic E-state index is -1.08. The minimum Gasteiger partial charge on any atom is -0.465 e. The number of hydrogen-bond acceptors (Lipinski definition) is 5. The van der Waals surface area contributed by atoms with Crippen molar-refractivity contribution in [2.75, 3.05) is 26.9 Å². The molecule has 9 nitrogen and oxygen atoms in total. The van der Waals surface area contributed by atoms with E-state index in [1.165, 1.54) is 12.0 Å². The molecule has 1 aliphatic carbocycles. The van der Waals surface area contributed by atoms with E-state index in [1.807, 2.05) is 69.3 Å². The number of carboxylic acid groups (broad SMARTS) is 1. The van der Waals surface area contributed by atoms with Crippen LogP contribution in [-0.4, -0.2) is 72.6 Å². The third kappa shape index (κ3) is 7.00. The number of alkyl carbamates (subject to hydrolysis) is 1. The SMILES string of the molecule is COCC(NC(=O)OCC1c2ccccc2-c2ccccc21)C(=O)NC1(Cc2ccc(Cl)cc2)CCCN(C(=O)O)C1C(C)(C)C. The van der Waals surface area contributed by atoms with Crippen LogP contribution in [0.4, 0.5) is 9.59 Å². The van der Waals surface area contributed by atoms with Crippen LogP contribution in [0.15, 0.2) is 72.8 Å². The number of fused-ring (bicyclic) bond motifs is 3. The second-order valence-corrected chi connectivity index (χ2v) is 13.7. The molecule has 0 radical (unpaired) electrons. The van der Waals surface area contributed by atoms with Gasteiger partial charge in [0.15, 0.2) is 0 Å². The Bertz CT molecular complexity index is 1530. The number of likely N-dealkylation sites (tertiary alicyclic amines) is 1. The molecule has 1 fully saturated rings. The molecule has 3 unspecified atom stereocenters. The summed E-state index contributed by atoms with van der Waals surface area (Å²) < 4.78 is 11.1. The van der Waals surface area contributed by atoms with Gasteiger partial charge in [-0.3, -0.25) is 4.79 Å². The smallest absolute Gasteiger partial charge is 0.407 e. The van der Waals surface area contributed by atoms with E-state index in [4.69, 9.17) is 21.1 Å². The number of rotatable bonds is 9. The zero-order valence-electron chi connectivity index (χ0n) is 26.7. The summed E-state index contributed by atoms with van der Waals surface area (Å²) in [4.78, 5) is 41.2. The zero-order valence-corrected chi connectivity index (χ0v) is 27.5. The van der Waals surface area contributed by atoms with Crippen molar-refractivity contribution in [1.82, 2.24) is 15.5 Å². The number of carbonyl (C=O) groups is 3. The van der Waals surface area contributed by atoms with Crippen LogP contribution < -0.4 is 10.6 Å². The topological polar surface area (TPSA) is 117 Å². The fourth-order valence-corrected chi connectivity index (χ4v) is 7.55. The molecule has 1 aliphatic heterocycles. The van der Waals surface area contributed by atoms with E-state index in [-0.39, 0.29) is 19.1 Å². The molecule has 0 bridgehead atoms. The number of nitrogens with zero attached hydrogens (tertiary/aromatic N) is 1. The van der Waals surface area contributed by atoms with Crippen LogP contribution in [0.1, 0.15) is 56.2 Å². The third-order valence-electron chi connectivity index (χ3n) is 9.01. The summed E-state index contributed by atoms with van der Waals surface area (Å²) in [5.74, 6) is -0.613. The van der Waals surface area contributed by atoms with Gasteiger partial charge >= 0.3 is 12.2 Å². The molecule has 5 rings (SSSR count). The molecule has 0 saturated carbocycles. The number of piperidine rings is 1. The second-order valence-electron chi connectivity index (χ2n) is 13.3. The molecule has 3 aromatic carbocycles. The van der Waals surface area contributed by atoms with E-state index in [1.54, 1.807) is 12.1 Å². The summed E-state index contributed by atoms with van der Waals surface area (Å²) >= 11 is 6.16. The molecule has 0 spiro atoms. The van der Waals surface area contributed by atoms with E-state index in [9.17, 15) is 19.5 Å². The van der Waals surface area contributed by atoms with Crippen LogP contribution in [-0.2, 0) is 20.7 Å². The number of nitrogens with one attached hydrogen (secondary N) is 2. The standard InChI is InChI=1S/C36H42ClN3O6/c1-35(2,3)32-36(18-9-19-40(32)34(43)44,20-23-14-16-24(37)17-15-23)39-31(41)30(22-45-4)38-33(42)46-21-29-27-12-7-5-10-25(27)26-11-6-8-13-28(26)29/h5-8,10-17,29-30,32H,9,18-22H2,1-4H3,(H,38,42)(H,39,41)(H,43,44). The van der Waals surface area contributed by atoms with Gasteiger partial charge in [-0.15, -0.1) is 0 Å². The first-order valence-electron chi connectivity index (χ1n) is 15.6. The van der Waals surface area contributed by atoms with Gasteiger partial charge in [0.25, 0.3) is 0 Å². The van der Waals surface area contributed by atoms with Gasteiger partial charge in [0, 0.05) is 24.6 Å². The van der Waals surface area contributed by atoms with Gasteiger partial charge in [-0.2, -0.15) is 0 Å². The Balaban J connectivity index is 1.36. The molecule has 10 heteroatoms. The van der Waals surface area contributed by atoms with Crippen molar-refractivity contribution in [3.8, 4) is 11.1 Å². The molecule has 3 aromatic rings. The van der Waals surface area contributed by atoms with Crippen molar-refractivity contribution in [2.24, 2.45) is 5.41 Å². The Morgan fingerprint density at radius 3 is 2.17 bits per heavy atom. The second kappa shape index (κ2) is 13.7. The molecule has 2 aliphatic rings. The molecular formula is C36H42ClN3O6. The summed E-state index contributed by atoms with van der Waals surface area (Å²) in [7, 11) is 1.45. The van der Waals surface area contributed by atoms with Crippen LogP contribution in [0.2, 0.25) is 5.02 Å². The fraction of sp³-hybridized carbons (Fsp3) is 0.417. The monoisotopic (exact) mass is 647 g/mol. The summed E-state index contributed by atoms with van der Waals surface area (Å²) in [5, 5.41) is 16.7. The first-order valence-corrected chi connectivity index (χ1v) is 16.0. The van der Waals surface area contributed by atoms with Crippen molar-refractivity contribution in [1.29, 1.82) is 0 Å². The number of benzene rings is 3. The third-order valence-corrected chi connectivity index (χ3v) is 9.27. The van der Waals surface area contributed by atoms with Crippen molar-refractivity contribution >= 4 is 29.7 Å². The average Bonchev–Trinajstić information content (AvgIpc) is 3.33. The number of carbonyl (C=O) groups excluding carboxylic acids is 2. The summed E-state index contributed by atoms with van der Waals surface area (Å²) in [6.45, 7) is 6.28. The lowest BCUT2D eigenvalue weighted by molar-refractivity contribution is -0.129. The number of hydrogen-bond donors (Lipinski definition) is 3. The highest BCUT2D eigenvalue weighted by Gasteiger charge is 2.53. The van der Waals surface area contributed by atoms with Gasteiger partial charge in [0.05, 0.1) is 18.2 Å². The largest absolute Gasteiger partial charge is 0.465 e. The maximum absolute atomic E-state index is 14.1. The number of ether oxygens (including phenoxy) is 2. The Hall–Kier alpha value is -4.08. The maximum atomic E-state index is 14.1. The highest BCUT2D eigenvalue weighted by molar-refractivity contribution is 6.30. The van der Waals surface area contributed by atoms with Crippen LogP contribution in [0.25, 0.3) is 11.1 Å². The molecule has 0 aromatic heterocycles. The average molecular weight is 648 g/mol. The summed E-state index contributed by atoms with van der Waals surface area (Å²) in [6, 6.07) is 21.8. The van der Waals surface area contributed by atoms with Gasteiger partial charge in [0.1, 0.15) is 12.6 Å². The van der Waals surface area contributed by atoms with Gasteiger partial charge < -0.3 is 30.1 Å². The predicted octanol–water partition coefficient (Wildman–Crippen LogP) is 6.48. The molecule has 1 heterocycles. The van der Waals surface area contributed by atoms with Gasteiger partial charge in [-0.25, -0.2) is 9.59 Å². The first kappa shape index (κ1) is 33.3. The lowest BCUT2D eigenvalue weighted by Gasteiger charge is -2.55.